The van der Waals surface area contributed by atoms with Gasteiger partial charge in [-0.2, -0.15) is 0 Å². The lowest BCUT2D eigenvalue weighted by molar-refractivity contribution is -0.155. The molecule has 0 aromatic carbocycles. The van der Waals surface area contributed by atoms with Crippen LogP contribution in [0, 0.1) is 0 Å². The van der Waals surface area contributed by atoms with E-state index >= 15 is 0 Å². The molecule has 2 aliphatic heterocycles. The number of piperazine rings is 1. The minimum Gasteiger partial charge on any atom is -0.459 e. The lowest BCUT2D eigenvalue weighted by atomic mass is 10.2. The fourth-order valence-corrected chi connectivity index (χ4v) is 2.09. The maximum absolute atomic E-state index is 11.9. The highest BCUT2D eigenvalue weighted by atomic mass is 16.6. The first-order valence-electron chi connectivity index (χ1n) is 6.00. The third kappa shape index (κ3) is 2.93. The fraction of sp³-hybridized carbons (Fsp3) is 0.909. The highest BCUT2D eigenvalue weighted by Gasteiger charge is 2.27. The highest BCUT2D eigenvalue weighted by Crippen LogP contribution is 2.11. The summed E-state index contributed by atoms with van der Waals surface area (Å²) >= 11 is 0. The smallest absolute Gasteiger partial charge is 0.323 e. The van der Waals surface area contributed by atoms with E-state index in [0.29, 0.717) is 13.2 Å². The zero-order valence-corrected chi connectivity index (χ0v) is 9.78. The molecule has 2 saturated heterocycles. The van der Waals surface area contributed by atoms with E-state index in [1.54, 1.807) is 0 Å². The molecule has 0 bridgehead atoms. The molecule has 2 aliphatic rings. The van der Waals surface area contributed by atoms with Crippen molar-refractivity contribution in [3.05, 3.63) is 0 Å². The van der Waals surface area contributed by atoms with E-state index in [2.05, 4.69) is 10.2 Å². The van der Waals surface area contributed by atoms with Crippen LogP contribution in [0.2, 0.25) is 0 Å². The van der Waals surface area contributed by atoms with Crippen LogP contribution in [0.4, 0.5) is 0 Å². The van der Waals surface area contributed by atoms with Crippen LogP contribution in [-0.4, -0.2) is 62.4 Å². The van der Waals surface area contributed by atoms with Crippen molar-refractivity contribution in [1.82, 2.24) is 10.2 Å². The lowest BCUT2D eigenvalue weighted by Gasteiger charge is -2.31. The van der Waals surface area contributed by atoms with Crippen molar-refractivity contribution >= 4 is 5.97 Å². The molecule has 1 N–H and O–H groups in total. The van der Waals surface area contributed by atoms with Crippen LogP contribution in [0.1, 0.15) is 13.3 Å². The monoisotopic (exact) mass is 228 g/mol. The van der Waals surface area contributed by atoms with E-state index in [-0.39, 0.29) is 18.1 Å². The summed E-state index contributed by atoms with van der Waals surface area (Å²) in [5.41, 5.74) is 0. The second-order valence-corrected chi connectivity index (χ2v) is 4.38. The molecule has 0 saturated carbocycles. The topological polar surface area (TPSA) is 50.8 Å². The first-order valence-corrected chi connectivity index (χ1v) is 6.00. The SMILES string of the molecule is CC(C(=O)OC1CCOC1)N1CCNCC1. The Morgan fingerprint density at radius 1 is 1.50 bits per heavy atom. The first-order chi connectivity index (χ1) is 7.77. The minimum atomic E-state index is -0.136. The van der Waals surface area contributed by atoms with Gasteiger partial charge in [-0.05, 0) is 6.92 Å². The number of carbonyl (C=O) groups is 1. The number of carbonyl (C=O) groups excluding carboxylic acids is 1. The molecular formula is C11H20N2O3. The van der Waals surface area contributed by atoms with Crippen molar-refractivity contribution in [3.63, 3.8) is 0 Å². The van der Waals surface area contributed by atoms with E-state index in [0.717, 1.165) is 32.6 Å². The average Bonchev–Trinajstić information content (AvgIpc) is 2.82. The van der Waals surface area contributed by atoms with Gasteiger partial charge in [0.1, 0.15) is 12.1 Å². The minimum absolute atomic E-state index is 0.0298. The molecule has 0 aliphatic carbocycles. The van der Waals surface area contributed by atoms with Gasteiger partial charge in [0.25, 0.3) is 0 Å². The zero-order valence-electron chi connectivity index (χ0n) is 9.78. The van der Waals surface area contributed by atoms with Gasteiger partial charge in [-0.15, -0.1) is 0 Å². The van der Waals surface area contributed by atoms with Gasteiger partial charge in [0.05, 0.1) is 13.2 Å². The van der Waals surface area contributed by atoms with Crippen LogP contribution in [0.25, 0.3) is 0 Å². The predicted molar refractivity (Wildman–Crippen MR) is 59.2 cm³/mol. The van der Waals surface area contributed by atoms with Gasteiger partial charge >= 0.3 is 5.97 Å². The molecule has 0 spiro atoms. The zero-order chi connectivity index (χ0) is 11.4. The maximum atomic E-state index is 11.9. The number of nitrogens with one attached hydrogen (secondary N) is 1. The summed E-state index contributed by atoms with van der Waals surface area (Å²) in [5, 5.41) is 3.27. The highest BCUT2D eigenvalue weighted by molar-refractivity contribution is 5.75. The van der Waals surface area contributed by atoms with Crippen molar-refractivity contribution in [2.75, 3.05) is 39.4 Å². The van der Waals surface area contributed by atoms with Gasteiger partial charge in [-0.25, -0.2) is 0 Å². The number of ether oxygens (including phenoxy) is 2. The van der Waals surface area contributed by atoms with Crippen molar-refractivity contribution in [2.24, 2.45) is 0 Å². The summed E-state index contributed by atoms with van der Waals surface area (Å²) in [4.78, 5) is 14.0. The van der Waals surface area contributed by atoms with Crippen LogP contribution < -0.4 is 5.32 Å². The van der Waals surface area contributed by atoms with Crippen molar-refractivity contribution in [1.29, 1.82) is 0 Å². The number of nitrogens with zero attached hydrogens (tertiary/aromatic N) is 1. The number of esters is 1. The summed E-state index contributed by atoms with van der Waals surface area (Å²) in [6.45, 7) is 6.91. The van der Waals surface area contributed by atoms with Gasteiger partial charge in [-0.3, -0.25) is 9.69 Å². The molecule has 2 rings (SSSR count). The van der Waals surface area contributed by atoms with E-state index in [1.807, 2.05) is 6.92 Å². The first kappa shape index (κ1) is 11.8. The lowest BCUT2D eigenvalue weighted by Crippen LogP contribution is -2.50. The molecule has 92 valence electrons. The van der Waals surface area contributed by atoms with Gasteiger partial charge in [0.15, 0.2) is 0 Å². The Bertz CT molecular complexity index is 235. The van der Waals surface area contributed by atoms with E-state index in [9.17, 15) is 4.79 Å². The molecule has 5 nitrogen and oxygen atoms in total. The summed E-state index contributed by atoms with van der Waals surface area (Å²) in [6, 6.07) is -0.136. The fourth-order valence-electron chi connectivity index (χ4n) is 2.09. The molecule has 0 aromatic rings. The van der Waals surface area contributed by atoms with Gasteiger partial charge in [-0.1, -0.05) is 0 Å². The standard InChI is InChI=1S/C11H20N2O3/c1-9(13-5-3-12-4-6-13)11(14)16-10-2-7-15-8-10/h9-10,12H,2-8H2,1H3. The van der Waals surface area contributed by atoms with Crippen LogP contribution in [0.3, 0.4) is 0 Å². The van der Waals surface area contributed by atoms with Crippen molar-refractivity contribution < 1.29 is 14.3 Å². The molecule has 0 aromatic heterocycles. The van der Waals surface area contributed by atoms with Crippen LogP contribution in [-0.2, 0) is 14.3 Å². The Morgan fingerprint density at radius 3 is 2.88 bits per heavy atom. The van der Waals surface area contributed by atoms with Gasteiger partial charge in [0, 0.05) is 32.6 Å². The summed E-state index contributed by atoms with van der Waals surface area (Å²) in [5.74, 6) is -0.114. The Kier molecular flexibility index (Phi) is 4.15. The van der Waals surface area contributed by atoms with Crippen LogP contribution >= 0.6 is 0 Å². The molecule has 16 heavy (non-hydrogen) atoms. The Morgan fingerprint density at radius 2 is 2.25 bits per heavy atom. The molecule has 0 amide bonds. The third-order valence-corrected chi connectivity index (χ3v) is 3.21. The van der Waals surface area contributed by atoms with Gasteiger partial charge < -0.3 is 14.8 Å². The number of rotatable bonds is 3. The summed E-state index contributed by atoms with van der Waals surface area (Å²) in [7, 11) is 0. The average molecular weight is 228 g/mol. The Balaban J connectivity index is 1.78. The number of hydrogen-bond donors (Lipinski definition) is 1. The maximum Gasteiger partial charge on any atom is 0.323 e. The van der Waals surface area contributed by atoms with Crippen molar-refractivity contribution in [2.45, 2.75) is 25.5 Å². The third-order valence-electron chi connectivity index (χ3n) is 3.21. The van der Waals surface area contributed by atoms with Gasteiger partial charge in [0.2, 0.25) is 0 Å². The Hall–Kier alpha value is -0.650. The van der Waals surface area contributed by atoms with Crippen molar-refractivity contribution in [3.8, 4) is 0 Å². The molecule has 0 radical (unpaired) electrons. The summed E-state index contributed by atoms with van der Waals surface area (Å²) < 4.78 is 10.6. The molecule has 2 atom stereocenters. The van der Waals surface area contributed by atoms with E-state index in [1.165, 1.54) is 0 Å². The van der Waals surface area contributed by atoms with Crippen LogP contribution in [0.15, 0.2) is 0 Å². The predicted octanol–water partition coefficient (Wildman–Crippen LogP) is -0.388. The van der Waals surface area contributed by atoms with Crippen LogP contribution in [0.5, 0.6) is 0 Å². The Labute approximate surface area is 96.1 Å². The van der Waals surface area contributed by atoms with E-state index < -0.39 is 0 Å². The molecule has 5 heteroatoms. The second-order valence-electron chi connectivity index (χ2n) is 4.38. The molecule has 2 unspecified atom stereocenters. The second kappa shape index (κ2) is 5.61. The summed E-state index contributed by atoms with van der Waals surface area (Å²) in [6.07, 6.45) is 0.804. The molecule has 2 fully saturated rings. The largest absolute Gasteiger partial charge is 0.459 e. The molecule has 2 heterocycles. The normalized spacial score (nSPS) is 28.9. The van der Waals surface area contributed by atoms with E-state index in [4.69, 9.17) is 9.47 Å². The quantitative estimate of drug-likeness (QED) is 0.667. The number of hydrogen-bond acceptors (Lipinski definition) is 5. The molecular weight excluding hydrogens is 208 g/mol.